The predicted molar refractivity (Wildman–Crippen MR) is 78.1 cm³/mol. The number of phenolic OH excluding ortho intramolecular Hbond substituents is 2. The largest absolute Gasteiger partial charge is 0.508 e. The number of aromatic hydroxyl groups is 2. The summed E-state index contributed by atoms with van der Waals surface area (Å²) in [5.41, 5.74) is 3.02. The van der Waals surface area contributed by atoms with Crippen LogP contribution in [0.5, 0.6) is 11.5 Å². The molecule has 2 rings (SSSR count). The Kier molecular flexibility index (Phi) is 5.23. The molecule has 0 saturated heterocycles. The third-order valence-corrected chi connectivity index (χ3v) is 3.00. The summed E-state index contributed by atoms with van der Waals surface area (Å²) < 4.78 is 0.998. The van der Waals surface area contributed by atoms with Crippen molar-refractivity contribution in [1.82, 2.24) is 0 Å². The van der Waals surface area contributed by atoms with Crippen molar-refractivity contribution in [2.75, 3.05) is 0 Å². The number of benzene rings is 2. The third-order valence-electron chi connectivity index (χ3n) is 2.51. The van der Waals surface area contributed by atoms with Gasteiger partial charge in [0.2, 0.25) is 0 Å². The molecule has 0 bridgehead atoms. The fraction of sp³-hybridized carbons (Fsp3) is 0.200. The number of hydrogen-bond donors (Lipinski definition) is 2. The second-order valence-electron chi connectivity index (χ2n) is 4.22. The first-order valence-corrected chi connectivity index (χ1v) is 6.41. The molecule has 0 aromatic heterocycles. The van der Waals surface area contributed by atoms with E-state index in [4.69, 9.17) is 10.2 Å². The summed E-state index contributed by atoms with van der Waals surface area (Å²) in [7, 11) is 0. The van der Waals surface area contributed by atoms with Gasteiger partial charge in [-0.15, -0.1) is 0 Å². The van der Waals surface area contributed by atoms with Crippen molar-refractivity contribution in [3.63, 3.8) is 0 Å². The number of rotatable bonds is 0. The molecule has 3 heteroatoms. The van der Waals surface area contributed by atoms with E-state index >= 15 is 0 Å². The second-order valence-corrected chi connectivity index (χ2v) is 5.14. The van der Waals surface area contributed by atoms with Crippen LogP contribution in [0.3, 0.4) is 0 Å². The predicted octanol–water partition coefficient (Wildman–Crippen LogP) is 4.47. The Bertz CT molecular complexity index is 487. The minimum Gasteiger partial charge on any atom is -0.508 e. The first-order chi connectivity index (χ1) is 8.40. The first kappa shape index (κ1) is 14.6. The lowest BCUT2D eigenvalue weighted by atomic mass is 10.1. The molecule has 0 radical (unpaired) electrons. The molecule has 2 aromatic carbocycles. The normalized spacial score (nSPS) is 9.56. The van der Waals surface area contributed by atoms with Crippen LogP contribution in [-0.2, 0) is 0 Å². The SMILES string of the molecule is Cc1cc(Br)ccc1O.Cc1ccc(O)c(C)c1. The van der Waals surface area contributed by atoms with E-state index in [0.29, 0.717) is 11.5 Å². The van der Waals surface area contributed by atoms with Crippen molar-refractivity contribution in [2.45, 2.75) is 20.8 Å². The molecule has 96 valence electrons. The molecule has 0 fully saturated rings. The minimum atomic E-state index is 0.346. The summed E-state index contributed by atoms with van der Waals surface area (Å²) >= 11 is 3.29. The van der Waals surface area contributed by atoms with E-state index in [1.165, 1.54) is 5.56 Å². The van der Waals surface area contributed by atoms with Crippen molar-refractivity contribution in [1.29, 1.82) is 0 Å². The van der Waals surface area contributed by atoms with Crippen molar-refractivity contribution in [2.24, 2.45) is 0 Å². The highest BCUT2D eigenvalue weighted by Crippen LogP contribution is 2.20. The molecule has 0 saturated carbocycles. The summed E-state index contributed by atoms with van der Waals surface area (Å²) in [6.07, 6.45) is 0. The summed E-state index contributed by atoms with van der Waals surface area (Å²) in [5, 5.41) is 18.1. The minimum absolute atomic E-state index is 0.346. The molecule has 2 N–H and O–H groups in total. The fourth-order valence-corrected chi connectivity index (χ4v) is 1.90. The maximum atomic E-state index is 9.04. The van der Waals surface area contributed by atoms with Crippen LogP contribution in [0.2, 0.25) is 0 Å². The molecule has 2 nitrogen and oxygen atoms in total. The van der Waals surface area contributed by atoms with Gasteiger partial charge in [0.05, 0.1) is 0 Å². The molecular formula is C15H17BrO2. The molecule has 18 heavy (non-hydrogen) atoms. The van der Waals surface area contributed by atoms with E-state index in [1.807, 2.05) is 45.0 Å². The zero-order valence-electron chi connectivity index (χ0n) is 10.7. The van der Waals surface area contributed by atoms with Crippen molar-refractivity contribution in [3.8, 4) is 11.5 Å². The van der Waals surface area contributed by atoms with Crippen LogP contribution < -0.4 is 0 Å². The molecule has 0 aliphatic rings. The highest BCUT2D eigenvalue weighted by Gasteiger charge is 1.93. The number of hydrogen-bond acceptors (Lipinski definition) is 2. The van der Waals surface area contributed by atoms with E-state index < -0.39 is 0 Å². The Labute approximate surface area is 116 Å². The monoisotopic (exact) mass is 308 g/mol. The van der Waals surface area contributed by atoms with Crippen LogP contribution in [0.4, 0.5) is 0 Å². The van der Waals surface area contributed by atoms with E-state index in [1.54, 1.807) is 12.1 Å². The van der Waals surface area contributed by atoms with Gasteiger partial charge in [0, 0.05) is 4.47 Å². The molecular weight excluding hydrogens is 292 g/mol. The van der Waals surface area contributed by atoms with Crippen LogP contribution in [0.1, 0.15) is 16.7 Å². The van der Waals surface area contributed by atoms with E-state index in [9.17, 15) is 0 Å². The Morgan fingerprint density at radius 3 is 1.67 bits per heavy atom. The van der Waals surface area contributed by atoms with Crippen molar-refractivity contribution in [3.05, 3.63) is 57.6 Å². The average Bonchev–Trinajstić information content (AvgIpc) is 2.30. The van der Waals surface area contributed by atoms with E-state index in [-0.39, 0.29) is 0 Å². The summed E-state index contributed by atoms with van der Waals surface area (Å²) in [4.78, 5) is 0. The standard InChI is InChI=1S/C8H10O.C7H7BrO/c1-6-3-4-8(9)7(2)5-6;1-5-4-6(8)2-3-7(5)9/h3-5,9H,1-2H3;2-4,9H,1H3. The fourth-order valence-electron chi connectivity index (χ4n) is 1.42. The molecule has 0 heterocycles. The zero-order chi connectivity index (χ0) is 13.7. The van der Waals surface area contributed by atoms with Crippen LogP contribution in [0, 0.1) is 20.8 Å². The summed E-state index contributed by atoms with van der Waals surface area (Å²) in [6.45, 7) is 5.76. The second kappa shape index (κ2) is 6.45. The quantitative estimate of drug-likeness (QED) is 0.753. The van der Waals surface area contributed by atoms with Gasteiger partial charge in [0.1, 0.15) is 11.5 Å². The molecule has 0 atom stereocenters. The highest BCUT2D eigenvalue weighted by molar-refractivity contribution is 9.10. The summed E-state index contributed by atoms with van der Waals surface area (Å²) in [6, 6.07) is 10.9. The van der Waals surface area contributed by atoms with Crippen molar-refractivity contribution < 1.29 is 10.2 Å². The van der Waals surface area contributed by atoms with Gasteiger partial charge in [-0.05, 0) is 56.2 Å². The lowest BCUT2D eigenvalue weighted by Crippen LogP contribution is -1.75. The van der Waals surface area contributed by atoms with Crippen LogP contribution in [-0.4, -0.2) is 10.2 Å². The number of phenols is 2. The highest BCUT2D eigenvalue weighted by atomic mass is 79.9. The first-order valence-electron chi connectivity index (χ1n) is 5.61. The Morgan fingerprint density at radius 2 is 1.28 bits per heavy atom. The molecule has 0 aliphatic carbocycles. The molecule has 0 aliphatic heterocycles. The van der Waals surface area contributed by atoms with Gasteiger partial charge in [-0.3, -0.25) is 0 Å². The van der Waals surface area contributed by atoms with E-state index in [2.05, 4.69) is 15.9 Å². The van der Waals surface area contributed by atoms with Crippen LogP contribution in [0.25, 0.3) is 0 Å². The van der Waals surface area contributed by atoms with Gasteiger partial charge in [0.25, 0.3) is 0 Å². The maximum Gasteiger partial charge on any atom is 0.118 e. The maximum absolute atomic E-state index is 9.04. The topological polar surface area (TPSA) is 40.5 Å². The molecule has 0 unspecified atom stereocenters. The Morgan fingerprint density at radius 1 is 0.778 bits per heavy atom. The lowest BCUT2D eigenvalue weighted by Gasteiger charge is -1.97. The van der Waals surface area contributed by atoms with Gasteiger partial charge < -0.3 is 10.2 Å². The van der Waals surface area contributed by atoms with Crippen LogP contribution >= 0.6 is 15.9 Å². The third kappa shape index (κ3) is 4.41. The van der Waals surface area contributed by atoms with Gasteiger partial charge in [-0.1, -0.05) is 33.6 Å². The van der Waals surface area contributed by atoms with Crippen molar-refractivity contribution >= 4 is 15.9 Å². The van der Waals surface area contributed by atoms with Gasteiger partial charge in [-0.25, -0.2) is 0 Å². The Hall–Kier alpha value is -1.48. The van der Waals surface area contributed by atoms with Gasteiger partial charge >= 0.3 is 0 Å². The van der Waals surface area contributed by atoms with Gasteiger partial charge in [0.15, 0.2) is 0 Å². The number of halogens is 1. The van der Waals surface area contributed by atoms with Gasteiger partial charge in [-0.2, -0.15) is 0 Å². The molecule has 0 spiro atoms. The average molecular weight is 309 g/mol. The Balaban J connectivity index is 0.000000180. The molecule has 2 aromatic rings. The number of aryl methyl sites for hydroxylation is 3. The lowest BCUT2D eigenvalue weighted by molar-refractivity contribution is 0.470. The van der Waals surface area contributed by atoms with E-state index in [0.717, 1.165) is 15.6 Å². The smallest absolute Gasteiger partial charge is 0.118 e. The molecule has 0 amide bonds. The zero-order valence-corrected chi connectivity index (χ0v) is 12.3. The summed E-state index contributed by atoms with van der Waals surface area (Å²) in [5.74, 6) is 0.721. The van der Waals surface area contributed by atoms with Crippen LogP contribution in [0.15, 0.2) is 40.9 Å².